The Morgan fingerprint density at radius 2 is 1.88 bits per heavy atom. The summed E-state index contributed by atoms with van der Waals surface area (Å²) in [5, 5.41) is 3.94. The lowest BCUT2D eigenvalue weighted by atomic mass is 10.1. The maximum Gasteiger partial charge on any atom is 0.173 e. The van der Waals surface area contributed by atoms with Crippen molar-refractivity contribution in [3.63, 3.8) is 0 Å². The van der Waals surface area contributed by atoms with Crippen LogP contribution in [0.2, 0.25) is 0 Å². The fourth-order valence-corrected chi connectivity index (χ4v) is 5.22. The lowest BCUT2D eigenvalue weighted by molar-refractivity contribution is 0.333. The Morgan fingerprint density at radius 3 is 2.44 bits per heavy atom. The summed E-state index contributed by atoms with van der Waals surface area (Å²) in [6, 6.07) is 8.38. The van der Waals surface area contributed by atoms with Crippen molar-refractivity contribution in [3.05, 3.63) is 29.8 Å². The summed E-state index contributed by atoms with van der Waals surface area (Å²) in [6.07, 6.45) is 6.24. The van der Waals surface area contributed by atoms with Crippen LogP contribution in [0.1, 0.15) is 51.5 Å². The van der Waals surface area contributed by atoms with Crippen LogP contribution in [0, 0.1) is 0 Å². The Labute approximate surface area is 157 Å². The molecule has 4 nitrogen and oxygen atoms in total. The minimum atomic E-state index is -2.92. The highest BCUT2D eigenvalue weighted by atomic mass is 32.2. The molecule has 1 N–H and O–H groups in total. The first kappa shape index (κ1) is 20.2. The Kier molecular flexibility index (Phi) is 7.69. The van der Waals surface area contributed by atoms with Crippen LogP contribution in [0.15, 0.2) is 24.3 Å². The van der Waals surface area contributed by atoms with Gasteiger partial charge in [-0.2, -0.15) is 0 Å². The SMILES string of the molecule is CCCCc1ccc(NC(=S)N(CCCC)[C@@H]2CCS(=O)(=O)C2)cc1. The van der Waals surface area contributed by atoms with Crippen molar-refractivity contribution in [2.75, 3.05) is 23.4 Å². The van der Waals surface area contributed by atoms with E-state index in [1.807, 2.05) is 0 Å². The van der Waals surface area contributed by atoms with E-state index in [0.29, 0.717) is 11.5 Å². The Bertz CT molecular complexity index is 657. The lowest BCUT2D eigenvalue weighted by Crippen LogP contribution is -2.44. The molecule has 0 bridgehead atoms. The number of benzene rings is 1. The molecule has 1 aromatic rings. The van der Waals surface area contributed by atoms with Crippen LogP contribution in [0.4, 0.5) is 5.69 Å². The van der Waals surface area contributed by atoms with Crippen molar-refractivity contribution in [1.82, 2.24) is 4.90 Å². The van der Waals surface area contributed by atoms with E-state index in [2.05, 4.69) is 48.3 Å². The van der Waals surface area contributed by atoms with Crippen molar-refractivity contribution in [3.8, 4) is 0 Å². The number of nitrogens with zero attached hydrogens (tertiary/aromatic N) is 1. The third-order valence-corrected chi connectivity index (χ3v) is 6.77. The minimum Gasteiger partial charge on any atom is -0.345 e. The van der Waals surface area contributed by atoms with Gasteiger partial charge in [0.15, 0.2) is 14.9 Å². The zero-order valence-corrected chi connectivity index (χ0v) is 17.0. The van der Waals surface area contributed by atoms with Gasteiger partial charge in [-0.3, -0.25) is 0 Å². The summed E-state index contributed by atoms with van der Waals surface area (Å²) < 4.78 is 23.7. The van der Waals surface area contributed by atoms with Gasteiger partial charge in [-0.25, -0.2) is 8.42 Å². The van der Waals surface area contributed by atoms with Gasteiger partial charge in [0.05, 0.1) is 11.5 Å². The molecule has 1 fully saturated rings. The quantitative estimate of drug-likeness (QED) is 0.688. The maximum atomic E-state index is 11.8. The van der Waals surface area contributed by atoms with Crippen LogP contribution in [-0.2, 0) is 16.3 Å². The molecule has 0 amide bonds. The largest absolute Gasteiger partial charge is 0.345 e. The van der Waals surface area contributed by atoms with Crippen LogP contribution in [-0.4, -0.2) is 42.5 Å². The van der Waals surface area contributed by atoms with E-state index in [4.69, 9.17) is 12.2 Å². The number of hydrogen-bond acceptors (Lipinski definition) is 3. The summed E-state index contributed by atoms with van der Waals surface area (Å²) in [7, 11) is -2.92. The second-order valence-corrected chi connectivity index (χ2v) is 9.45. The molecule has 25 heavy (non-hydrogen) atoms. The molecule has 0 saturated carbocycles. The first-order chi connectivity index (χ1) is 11.9. The summed E-state index contributed by atoms with van der Waals surface area (Å²) in [5.74, 6) is 0.490. The van der Waals surface area contributed by atoms with Crippen molar-refractivity contribution < 1.29 is 8.42 Å². The van der Waals surface area contributed by atoms with Gasteiger partial charge in [0.1, 0.15) is 0 Å². The molecule has 1 aliphatic heterocycles. The smallest absolute Gasteiger partial charge is 0.173 e. The Hall–Kier alpha value is -1.14. The van der Waals surface area contributed by atoms with Gasteiger partial charge >= 0.3 is 0 Å². The average molecular weight is 383 g/mol. The zero-order valence-electron chi connectivity index (χ0n) is 15.3. The van der Waals surface area contributed by atoms with Gasteiger partial charge in [-0.15, -0.1) is 0 Å². The van der Waals surface area contributed by atoms with E-state index in [-0.39, 0.29) is 17.5 Å². The fourth-order valence-electron chi connectivity index (χ4n) is 3.13. The topological polar surface area (TPSA) is 49.4 Å². The molecule has 0 spiro atoms. The predicted octanol–water partition coefficient (Wildman–Crippen LogP) is 4.02. The third-order valence-electron chi connectivity index (χ3n) is 4.69. The summed E-state index contributed by atoms with van der Waals surface area (Å²) >= 11 is 5.61. The summed E-state index contributed by atoms with van der Waals surface area (Å²) in [4.78, 5) is 2.08. The Balaban J connectivity index is 2.01. The van der Waals surface area contributed by atoms with Gasteiger partial charge in [-0.1, -0.05) is 38.8 Å². The van der Waals surface area contributed by atoms with E-state index in [1.165, 1.54) is 18.4 Å². The summed E-state index contributed by atoms with van der Waals surface area (Å²) in [6.45, 7) is 5.13. The number of sulfone groups is 1. The third kappa shape index (κ3) is 6.26. The number of unbranched alkanes of at least 4 members (excludes halogenated alkanes) is 2. The average Bonchev–Trinajstić information content (AvgIpc) is 2.94. The van der Waals surface area contributed by atoms with E-state index in [0.717, 1.165) is 31.5 Å². The van der Waals surface area contributed by atoms with Gasteiger partial charge in [-0.05, 0) is 55.6 Å². The molecule has 140 valence electrons. The van der Waals surface area contributed by atoms with E-state index >= 15 is 0 Å². The van der Waals surface area contributed by atoms with Gasteiger partial charge < -0.3 is 10.2 Å². The number of hydrogen-bond donors (Lipinski definition) is 1. The Morgan fingerprint density at radius 1 is 1.20 bits per heavy atom. The van der Waals surface area contributed by atoms with Crippen LogP contribution in [0.5, 0.6) is 0 Å². The molecule has 1 aliphatic rings. The van der Waals surface area contributed by atoms with Crippen LogP contribution in [0.3, 0.4) is 0 Å². The van der Waals surface area contributed by atoms with Crippen molar-refractivity contribution >= 4 is 32.9 Å². The molecule has 0 radical (unpaired) electrons. The second kappa shape index (κ2) is 9.53. The number of anilines is 1. The van der Waals surface area contributed by atoms with E-state index < -0.39 is 9.84 Å². The standard InChI is InChI=1S/C19H30N2O2S2/c1-3-5-7-16-8-10-17(11-9-16)20-19(24)21(13-6-4-2)18-12-14-25(22,23)15-18/h8-11,18H,3-7,12-15H2,1-2H3,(H,20,24)/t18-/m1/s1. The molecule has 0 unspecified atom stereocenters. The predicted molar refractivity (Wildman–Crippen MR) is 110 cm³/mol. The zero-order chi connectivity index (χ0) is 18.3. The van der Waals surface area contributed by atoms with E-state index in [9.17, 15) is 8.42 Å². The maximum absolute atomic E-state index is 11.8. The van der Waals surface area contributed by atoms with Crippen molar-refractivity contribution in [1.29, 1.82) is 0 Å². The molecule has 1 atom stereocenters. The highest BCUT2D eigenvalue weighted by molar-refractivity contribution is 7.91. The lowest BCUT2D eigenvalue weighted by Gasteiger charge is -2.31. The van der Waals surface area contributed by atoms with Gasteiger partial charge in [0.2, 0.25) is 0 Å². The molecular formula is C19H30N2O2S2. The fraction of sp³-hybridized carbons (Fsp3) is 0.632. The molecule has 0 aliphatic carbocycles. The highest BCUT2D eigenvalue weighted by Gasteiger charge is 2.33. The van der Waals surface area contributed by atoms with Gasteiger partial charge in [0.25, 0.3) is 0 Å². The number of rotatable bonds is 8. The molecular weight excluding hydrogens is 352 g/mol. The van der Waals surface area contributed by atoms with Gasteiger partial charge in [0, 0.05) is 18.3 Å². The number of aryl methyl sites for hydroxylation is 1. The first-order valence-corrected chi connectivity index (χ1v) is 11.5. The van der Waals surface area contributed by atoms with Crippen molar-refractivity contribution in [2.24, 2.45) is 0 Å². The monoisotopic (exact) mass is 382 g/mol. The second-order valence-electron chi connectivity index (χ2n) is 6.83. The van der Waals surface area contributed by atoms with Crippen LogP contribution >= 0.6 is 12.2 Å². The molecule has 1 aromatic carbocycles. The normalized spacial score (nSPS) is 18.9. The van der Waals surface area contributed by atoms with Crippen molar-refractivity contribution in [2.45, 2.75) is 58.4 Å². The molecule has 2 rings (SSSR count). The first-order valence-electron chi connectivity index (χ1n) is 9.32. The number of nitrogens with one attached hydrogen (secondary N) is 1. The van der Waals surface area contributed by atoms with Crippen LogP contribution in [0.25, 0.3) is 0 Å². The minimum absolute atomic E-state index is 0.000349. The van der Waals surface area contributed by atoms with E-state index in [1.54, 1.807) is 0 Å². The molecule has 0 aromatic heterocycles. The molecule has 6 heteroatoms. The highest BCUT2D eigenvalue weighted by Crippen LogP contribution is 2.20. The number of thiocarbonyl (C=S) groups is 1. The molecule has 1 heterocycles. The summed E-state index contributed by atoms with van der Waals surface area (Å²) in [5.41, 5.74) is 2.30. The van der Waals surface area contributed by atoms with Crippen LogP contribution < -0.4 is 5.32 Å². The molecule has 1 saturated heterocycles.